The molecular formula is C17H18N2O2. The first kappa shape index (κ1) is 13.8. The minimum absolute atomic E-state index is 0.0914. The predicted octanol–water partition coefficient (Wildman–Crippen LogP) is 2.69. The fourth-order valence-electron chi connectivity index (χ4n) is 2.48. The molecule has 4 heteroatoms. The maximum Gasteiger partial charge on any atom is 0.255 e. The molecule has 0 saturated carbocycles. The van der Waals surface area contributed by atoms with Gasteiger partial charge in [-0.05, 0) is 48.0 Å². The quantitative estimate of drug-likeness (QED) is 0.906. The molecule has 4 nitrogen and oxygen atoms in total. The molecule has 3 rings (SSSR count). The van der Waals surface area contributed by atoms with Gasteiger partial charge in [0, 0.05) is 17.8 Å². The Morgan fingerprint density at radius 2 is 2.00 bits per heavy atom. The van der Waals surface area contributed by atoms with E-state index >= 15 is 0 Å². The van der Waals surface area contributed by atoms with E-state index in [-0.39, 0.29) is 5.91 Å². The first-order chi connectivity index (χ1) is 10.3. The van der Waals surface area contributed by atoms with Crippen LogP contribution in [0.3, 0.4) is 0 Å². The van der Waals surface area contributed by atoms with Crippen LogP contribution in [-0.2, 0) is 24.5 Å². The number of hydrogen-bond donors (Lipinski definition) is 2. The number of carbonyl (C=O) groups is 1. The molecule has 0 spiro atoms. The average Bonchev–Trinajstić information content (AvgIpc) is 2.95. The van der Waals surface area contributed by atoms with Gasteiger partial charge in [0.15, 0.2) is 0 Å². The third-order valence-corrected chi connectivity index (χ3v) is 3.55. The first-order valence-electron chi connectivity index (χ1n) is 7.01. The van der Waals surface area contributed by atoms with Crippen molar-refractivity contribution in [1.82, 2.24) is 5.32 Å². The molecule has 0 radical (unpaired) electrons. The molecule has 108 valence electrons. The van der Waals surface area contributed by atoms with Gasteiger partial charge in [-0.2, -0.15) is 0 Å². The van der Waals surface area contributed by atoms with Gasteiger partial charge in [0.2, 0.25) is 0 Å². The van der Waals surface area contributed by atoms with Gasteiger partial charge >= 0.3 is 0 Å². The highest BCUT2D eigenvalue weighted by Crippen LogP contribution is 2.21. The number of fused-ring (bicyclic) bond motifs is 1. The van der Waals surface area contributed by atoms with Gasteiger partial charge in [0.05, 0.1) is 13.2 Å². The second kappa shape index (κ2) is 6.08. The summed E-state index contributed by atoms with van der Waals surface area (Å²) in [5.41, 5.74) is 4.88. The van der Waals surface area contributed by atoms with Gasteiger partial charge < -0.3 is 15.4 Å². The molecule has 0 fully saturated rings. The smallest absolute Gasteiger partial charge is 0.255 e. The number of benzene rings is 2. The van der Waals surface area contributed by atoms with Crippen molar-refractivity contribution in [1.29, 1.82) is 0 Å². The molecule has 0 aliphatic carbocycles. The maximum atomic E-state index is 12.3. The lowest BCUT2D eigenvalue weighted by molar-refractivity contribution is 0.102. The third kappa shape index (κ3) is 3.12. The highest BCUT2D eigenvalue weighted by atomic mass is 16.5. The molecule has 1 aliphatic rings. The lowest BCUT2D eigenvalue weighted by atomic mass is 10.1. The molecule has 1 heterocycles. The van der Waals surface area contributed by atoms with Crippen molar-refractivity contribution in [2.24, 2.45) is 0 Å². The predicted molar refractivity (Wildman–Crippen MR) is 82.1 cm³/mol. The normalized spacial score (nSPS) is 13.0. The van der Waals surface area contributed by atoms with Gasteiger partial charge in [0.25, 0.3) is 5.91 Å². The molecular weight excluding hydrogens is 264 g/mol. The summed E-state index contributed by atoms with van der Waals surface area (Å²) in [6.45, 7) is 2.01. The Kier molecular flexibility index (Phi) is 3.99. The van der Waals surface area contributed by atoms with Crippen molar-refractivity contribution in [2.45, 2.75) is 19.8 Å². The van der Waals surface area contributed by atoms with Crippen molar-refractivity contribution in [3.63, 3.8) is 0 Å². The van der Waals surface area contributed by atoms with E-state index in [2.05, 4.69) is 10.6 Å². The Labute approximate surface area is 124 Å². The van der Waals surface area contributed by atoms with E-state index in [1.54, 1.807) is 0 Å². The Balaban J connectivity index is 1.75. The van der Waals surface area contributed by atoms with Crippen molar-refractivity contribution in [2.75, 3.05) is 12.4 Å². The number of amides is 1. The van der Waals surface area contributed by atoms with Crippen LogP contribution < -0.4 is 10.6 Å². The monoisotopic (exact) mass is 282 g/mol. The van der Waals surface area contributed by atoms with E-state index in [9.17, 15) is 4.79 Å². The van der Waals surface area contributed by atoms with Crippen LogP contribution in [0.5, 0.6) is 0 Å². The Bertz CT molecular complexity index is 668. The summed E-state index contributed by atoms with van der Waals surface area (Å²) in [5, 5.41) is 6.04. The third-order valence-electron chi connectivity index (χ3n) is 3.55. The molecule has 21 heavy (non-hydrogen) atoms. The molecule has 1 aliphatic heterocycles. The van der Waals surface area contributed by atoms with Crippen LogP contribution in [0.2, 0.25) is 0 Å². The second-order valence-corrected chi connectivity index (χ2v) is 5.16. The minimum Gasteiger partial charge on any atom is -0.372 e. The summed E-state index contributed by atoms with van der Waals surface area (Å²) in [7, 11) is 1.90. The zero-order valence-corrected chi connectivity index (χ0v) is 12.0. The number of carbonyl (C=O) groups excluding carboxylic acids is 1. The summed E-state index contributed by atoms with van der Waals surface area (Å²) in [6, 6.07) is 13.6. The van der Waals surface area contributed by atoms with Crippen molar-refractivity contribution >= 4 is 11.6 Å². The SMILES string of the molecule is CNCc1cccc(NC(=O)c2ccc3c(c2)COC3)c1. The van der Waals surface area contributed by atoms with E-state index in [1.165, 1.54) is 5.56 Å². The Hall–Kier alpha value is -2.17. The van der Waals surface area contributed by atoms with Crippen LogP contribution in [0, 0.1) is 0 Å². The van der Waals surface area contributed by atoms with Crippen molar-refractivity contribution in [3.8, 4) is 0 Å². The largest absolute Gasteiger partial charge is 0.372 e. The number of nitrogens with one attached hydrogen (secondary N) is 2. The lowest BCUT2D eigenvalue weighted by Gasteiger charge is -2.08. The molecule has 0 atom stereocenters. The van der Waals surface area contributed by atoms with Crippen LogP contribution in [0.15, 0.2) is 42.5 Å². The van der Waals surface area contributed by atoms with Crippen molar-refractivity contribution < 1.29 is 9.53 Å². The van der Waals surface area contributed by atoms with Gasteiger partial charge in [-0.1, -0.05) is 18.2 Å². The van der Waals surface area contributed by atoms with Gasteiger partial charge in [-0.25, -0.2) is 0 Å². The van der Waals surface area contributed by atoms with E-state index in [0.29, 0.717) is 18.8 Å². The summed E-state index contributed by atoms with van der Waals surface area (Å²) in [5.74, 6) is -0.0914. The van der Waals surface area contributed by atoms with Crippen molar-refractivity contribution in [3.05, 3.63) is 64.7 Å². The van der Waals surface area contributed by atoms with E-state index in [0.717, 1.165) is 23.4 Å². The molecule has 0 unspecified atom stereocenters. The van der Waals surface area contributed by atoms with Crippen LogP contribution in [0.25, 0.3) is 0 Å². The lowest BCUT2D eigenvalue weighted by Crippen LogP contribution is -2.13. The van der Waals surface area contributed by atoms with E-state index < -0.39 is 0 Å². The minimum atomic E-state index is -0.0914. The number of ether oxygens (including phenoxy) is 1. The van der Waals surface area contributed by atoms with Crippen LogP contribution in [0.1, 0.15) is 27.0 Å². The summed E-state index contributed by atoms with van der Waals surface area (Å²) in [6.07, 6.45) is 0. The zero-order chi connectivity index (χ0) is 14.7. The van der Waals surface area contributed by atoms with Gasteiger partial charge in [-0.15, -0.1) is 0 Å². The first-order valence-corrected chi connectivity index (χ1v) is 7.01. The van der Waals surface area contributed by atoms with Gasteiger partial charge in [0.1, 0.15) is 0 Å². The van der Waals surface area contributed by atoms with E-state index in [4.69, 9.17) is 4.74 Å². The highest BCUT2D eigenvalue weighted by Gasteiger charge is 2.14. The zero-order valence-electron chi connectivity index (χ0n) is 12.0. The number of hydrogen-bond acceptors (Lipinski definition) is 3. The van der Waals surface area contributed by atoms with Crippen LogP contribution >= 0.6 is 0 Å². The number of anilines is 1. The summed E-state index contributed by atoms with van der Waals surface area (Å²) in [4.78, 5) is 12.3. The standard InChI is InChI=1S/C17H18N2O2/c1-18-9-12-3-2-4-16(7-12)19-17(20)13-5-6-14-10-21-11-15(14)8-13/h2-8,18H,9-11H2,1H3,(H,19,20). The molecule has 1 amide bonds. The molecule has 0 aromatic heterocycles. The van der Waals surface area contributed by atoms with E-state index in [1.807, 2.05) is 49.5 Å². The summed E-state index contributed by atoms with van der Waals surface area (Å²) < 4.78 is 5.37. The van der Waals surface area contributed by atoms with Crippen LogP contribution in [0.4, 0.5) is 5.69 Å². The highest BCUT2D eigenvalue weighted by molar-refractivity contribution is 6.04. The maximum absolute atomic E-state index is 12.3. The molecule has 2 aromatic carbocycles. The Morgan fingerprint density at radius 1 is 1.14 bits per heavy atom. The molecule has 0 bridgehead atoms. The Morgan fingerprint density at radius 3 is 2.86 bits per heavy atom. The van der Waals surface area contributed by atoms with Gasteiger partial charge in [-0.3, -0.25) is 4.79 Å². The number of rotatable bonds is 4. The van der Waals surface area contributed by atoms with Crippen LogP contribution in [-0.4, -0.2) is 13.0 Å². The fourth-order valence-corrected chi connectivity index (χ4v) is 2.48. The second-order valence-electron chi connectivity index (χ2n) is 5.16. The summed E-state index contributed by atoms with van der Waals surface area (Å²) >= 11 is 0. The fraction of sp³-hybridized carbons (Fsp3) is 0.235. The molecule has 2 N–H and O–H groups in total. The molecule has 2 aromatic rings. The average molecular weight is 282 g/mol. The topological polar surface area (TPSA) is 50.4 Å². The molecule has 0 saturated heterocycles.